The van der Waals surface area contributed by atoms with Gasteiger partial charge in [-0.1, -0.05) is 13.8 Å². The minimum absolute atomic E-state index is 0.126. The number of aliphatic carboxylic acids is 1. The van der Waals surface area contributed by atoms with Crippen LogP contribution >= 0.6 is 0 Å². The summed E-state index contributed by atoms with van der Waals surface area (Å²) < 4.78 is 0. The maximum absolute atomic E-state index is 11.7. The normalized spacial score (nSPS) is 16.6. The molecule has 5 nitrogen and oxygen atoms in total. The fraction of sp³-hybridized carbons (Fsp3) is 0.636. The van der Waals surface area contributed by atoms with E-state index in [1.165, 1.54) is 0 Å². The summed E-state index contributed by atoms with van der Waals surface area (Å²) in [6.07, 6.45) is 0. The van der Waals surface area contributed by atoms with Crippen molar-refractivity contribution in [2.75, 3.05) is 13.1 Å². The Morgan fingerprint density at radius 2 is 1.94 bits per heavy atom. The first-order valence-corrected chi connectivity index (χ1v) is 5.36. The monoisotopic (exact) mass is 226 g/mol. The van der Waals surface area contributed by atoms with Crippen molar-refractivity contribution in [3.63, 3.8) is 0 Å². The molecular formula is C11H18N2O3. The van der Waals surface area contributed by atoms with Crippen molar-refractivity contribution in [3.05, 3.63) is 11.1 Å². The second kappa shape index (κ2) is 5.12. The van der Waals surface area contributed by atoms with E-state index in [1.54, 1.807) is 20.8 Å². The summed E-state index contributed by atoms with van der Waals surface area (Å²) in [4.78, 5) is 22.6. The minimum atomic E-state index is -0.993. The maximum atomic E-state index is 11.7. The van der Waals surface area contributed by atoms with Gasteiger partial charge >= 0.3 is 5.97 Å². The molecule has 5 heteroatoms. The zero-order valence-electron chi connectivity index (χ0n) is 9.83. The molecule has 0 aromatic heterocycles. The summed E-state index contributed by atoms with van der Waals surface area (Å²) in [5.74, 6) is -1.40. The van der Waals surface area contributed by atoms with Gasteiger partial charge in [-0.3, -0.25) is 4.79 Å². The molecule has 90 valence electrons. The first-order valence-electron chi connectivity index (χ1n) is 5.36. The van der Waals surface area contributed by atoms with Gasteiger partial charge in [-0.25, -0.2) is 4.79 Å². The van der Waals surface area contributed by atoms with Gasteiger partial charge in [0.15, 0.2) is 0 Å². The molecule has 1 fully saturated rings. The van der Waals surface area contributed by atoms with Crippen LogP contribution in [0.2, 0.25) is 0 Å². The lowest BCUT2D eigenvalue weighted by atomic mass is 10.0. The quantitative estimate of drug-likeness (QED) is 0.595. The average molecular weight is 226 g/mol. The highest BCUT2D eigenvalue weighted by Crippen LogP contribution is 2.10. The van der Waals surface area contributed by atoms with Crippen LogP contribution in [0.15, 0.2) is 11.1 Å². The third-order valence-corrected chi connectivity index (χ3v) is 2.77. The van der Waals surface area contributed by atoms with Gasteiger partial charge in [0.1, 0.15) is 6.04 Å². The fourth-order valence-corrected chi connectivity index (χ4v) is 1.44. The molecule has 1 aliphatic heterocycles. The van der Waals surface area contributed by atoms with E-state index in [-0.39, 0.29) is 11.8 Å². The molecule has 0 spiro atoms. The highest BCUT2D eigenvalue weighted by molar-refractivity contribution is 5.96. The molecule has 0 bridgehead atoms. The summed E-state index contributed by atoms with van der Waals surface area (Å²) in [5.41, 5.74) is 1.68. The first kappa shape index (κ1) is 12.7. The SMILES string of the molecule is CC(C(=O)N[C@H](C(=O)O)C(C)C)=C1CNC1. The summed E-state index contributed by atoms with van der Waals surface area (Å²) in [7, 11) is 0. The Labute approximate surface area is 94.9 Å². The Balaban J connectivity index is 2.65. The van der Waals surface area contributed by atoms with Gasteiger partial charge in [-0.05, 0) is 18.4 Å². The second-order valence-corrected chi connectivity index (χ2v) is 4.37. The highest BCUT2D eigenvalue weighted by atomic mass is 16.4. The van der Waals surface area contributed by atoms with Crippen LogP contribution in [-0.4, -0.2) is 36.1 Å². The third-order valence-electron chi connectivity index (χ3n) is 2.77. The van der Waals surface area contributed by atoms with E-state index >= 15 is 0 Å². The van der Waals surface area contributed by atoms with E-state index < -0.39 is 12.0 Å². The number of hydrogen-bond donors (Lipinski definition) is 3. The summed E-state index contributed by atoms with van der Waals surface area (Å²) in [6, 6.07) is -0.823. The molecule has 1 atom stereocenters. The highest BCUT2D eigenvalue weighted by Gasteiger charge is 2.25. The molecule has 0 aromatic carbocycles. The van der Waals surface area contributed by atoms with Crippen LogP contribution in [0.25, 0.3) is 0 Å². The van der Waals surface area contributed by atoms with Gasteiger partial charge in [0.05, 0.1) is 0 Å². The van der Waals surface area contributed by atoms with Gasteiger partial charge in [0.2, 0.25) is 5.91 Å². The van der Waals surface area contributed by atoms with E-state index in [2.05, 4.69) is 10.6 Å². The predicted molar refractivity (Wildman–Crippen MR) is 60.0 cm³/mol. The van der Waals surface area contributed by atoms with Crippen molar-refractivity contribution in [1.82, 2.24) is 10.6 Å². The van der Waals surface area contributed by atoms with Gasteiger partial charge in [-0.2, -0.15) is 0 Å². The second-order valence-electron chi connectivity index (χ2n) is 4.37. The molecule has 16 heavy (non-hydrogen) atoms. The van der Waals surface area contributed by atoms with Crippen LogP contribution in [0.4, 0.5) is 0 Å². The Hall–Kier alpha value is -1.36. The molecule has 0 radical (unpaired) electrons. The lowest BCUT2D eigenvalue weighted by Gasteiger charge is -2.23. The van der Waals surface area contributed by atoms with E-state index in [4.69, 9.17) is 5.11 Å². The molecular weight excluding hydrogens is 208 g/mol. The molecule has 1 amide bonds. The van der Waals surface area contributed by atoms with Gasteiger partial charge < -0.3 is 15.7 Å². The molecule has 1 saturated heterocycles. The Bertz CT molecular complexity index is 328. The van der Waals surface area contributed by atoms with Crippen LogP contribution in [0.3, 0.4) is 0 Å². The van der Waals surface area contributed by atoms with Crippen molar-refractivity contribution in [3.8, 4) is 0 Å². The largest absolute Gasteiger partial charge is 0.480 e. The lowest BCUT2D eigenvalue weighted by Crippen LogP contribution is -2.46. The van der Waals surface area contributed by atoms with Crippen molar-refractivity contribution < 1.29 is 14.7 Å². The topological polar surface area (TPSA) is 78.4 Å². The maximum Gasteiger partial charge on any atom is 0.326 e. The molecule has 1 heterocycles. The number of carbonyl (C=O) groups excluding carboxylic acids is 1. The van der Waals surface area contributed by atoms with Crippen molar-refractivity contribution in [2.45, 2.75) is 26.8 Å². The average Bonchev–Trinajstić information content (AvgIpc) is 2.09. The zero-order valence-corrected chi connectivity index (χ0v) is 9.83. The lowest BCUT2D eigenvalue weighted by molar-refractivity contribution is -0.142. The summed E-state index contributed by atoms with van der Waals surface area (Å²) in [5, 5.41) is 14.5. The number of nitrogens with one attached hydrogen (secondary N) is 2. The van der Waals surface area contributed by atoms with E-state index in [0.29, 0.717) is 5.57 Å². The van der Waals surface area contributed by atoms with Crippen molar-refractivity contribution in [1.29, 1.82) is 0 Å². The molecule has 0 aliphatic carbocycles. The van der Waals surface area contributed by atoms with Crippen molar-refractivity contribution >= 4 is 11.9 Å². The van der Waals surface area contributed by atoms with Gasteiger partial charge in [0.25, 0.3) is 0 Å². The number of amides is 1. The van der Waals surface area contributed by atoms with Crippen LogP contribution < -0.4 is 10.6 Å². The molecule has 3 N–H and O–H groups in total. The minimum Gasteiger partial charge on any atom is -0.480 e. The van der Waals surface area contributed by atoms with Crippen LogP contribution in [0.1, 0.15) is 20.8 Å². The van der Waals surface area contributed by atoms with Crippen LogP contribution in [-0.2, 0) is 9.59 Å². The number of carboxylic acids is 1. The van der Waals surface area contributed by atoms with Crippen LogP contribution in [0, 0.1) is 5.92 Å². The standard InChI is InChI=1S/C11H18N2O3/c1-6(2)9(11(15)16)13-10(14)7(3)8-4-12-5-8/h6,9,12H,4-5H2,1-3H3,(H,13,14)(H,15,16)/t9-/m0/s1. The summed E-state index contributed by atoms with van der Waals surface area (Å²) in [6.45, 7) is 6.71. The molecule has 1 aliphatic rings. The molecule has 0 saturated carbocycles. The zero-order chi connectivity index (χ0) is 12.3. The number of carboxylic acid groups (broad SMARTS) is 1. The van der Waals surface area contributed by atoms with Crippen LogP contribution in [0.5, 0.6) is 0 Å². The first-order chi connectivity index (χ1) is 7.43. The smallest absolute Gasteiger partial charge is 0.326 e. The number of rotatable bonds is 4. The Morgan fingerprint density at radius 3 is 2.25 bits per heavy atom. The van der Waals surface area contributed by atoms with E-state index in [0.717, 1.165) is 18.7 Å². The number of hydrogen-bond acceptors (Lipinski definition) is 3. The fourth-order valence-electron chi connectivity index (χ4n) is 1.44. The molecule has 0 aromatic rings. The number of carbonyl (C=O) groups is 2. The van der Waals surface area contributed by atoms with Gasteiger partial charge in [0, 0.05) is 18.7 Å². The van der Waals surface area contributed by atoms with Gasteiger partial charge in [-0.15, -0.1) is 0 Å². The predicted octanol–water partition coefficient (Wildman–Crippen LogP) is 0.132. The summed E-state index contributed by atoms with van der Waals surface area (Å²) >= 11 is 0. The third kappa shape index (κ3) is 2.82. The molecule has 0 unspecified atom stereocenters. The van der Waals surface area contributed by atoms with E-state index in [1.807, 2.05) is 0 Å². The van der Waals surface area contributed by atoms with Crippen molar-refractivity contribution in [2.24, 2.45) is 5.92 Å². The van der Waals surface area contributed by atoms with E-state index in [9.17, 15) is 9.59 Å². The Morgan fingerprint density at radius 1 is 1.38 bits per heavy atom. The molecule has 1 rings (SSSR count). The Kier molecular flexibility index (Phi) is 4.06.